The van der Waals surface area contributed by atoms with E-state index in [1.54, 1.807) is 18.2 Å². The molecule has 1 saturated carbocycles. The Bertz CT molecular complexity index is 904. The Morgan fingerprint density at radius 1 is 1.12 bits per heavy atom. The largest absolute Gasteiger partial charge is 0.348 e. The molecule has 0 aliphatic heterocycles. The number of hydrogen-bond acceptors (Lipinski definition) is 4. The van der Waals surface area contributed by atoms with E-state index < -0.39 is 5.41 Å². The molecular formula is C19H16FN3O2. The van der Waals surface area contributed by atoms with Crippen LogP contribution in [0.3, 0.4) is 0 Å². The third kappa shape index (κ3) is 2.91. The van der Waals surface area contributed by atoms with Crippen molar-refractivity contribution < 1.29 is 13.7 Å². The molecule has 1 amide bonds. The van der Waals surface area contributed by atoms with E-state index in [2.05, 4.69) is 15.5 Å². The number of aromatic nitrogens is 2. The first-order valence-corrected chi connectivity index (χ1v) is 8.10. The van der Waals surface area contributed by atoms with E-state index >= 15 is 0 Å². The monoisotopic (exact) mass is 337 g/mol. The van der Waals surface area contributed by atoms with Crippen molar-refractivity contribution in [1.82, 2.24) is 15.5 Å². The molecule has 4 rings (SSSR count). The fraction of sp³-hybridized carbons (Fsp3) is 0.211. The summed E-state index contributed by atoms with van der Waals surface area (Å²) in [5, 5.41) is 6.68. The first kappa shape index (κ1) is 15.5. The van der Waals surface area contributed by atoms with Crippen LogP contribution in [0.2, 0.25) is 0 Å². The molecule has 1 N–H and O–H groups in total. The molecule has 1 aliphatic carbocycles. The highest BCUT2D eigenvalue weighted by molar-refractivity contribution is 5.91. The molecule has 126 valence electrons. The van der Waals surface area contributed by atoms with Crippen LogP contribution < -0.4 is 5.32 Å². The smallest absolute Gasteiger partial charge is 0.257 e. The fourth-order valence-corrected chi connectivity index (χ4v) is 2.95. The summed E-state index contributed by atoms with van der Waals surface area (Å²) in [6, 6.07) is 15.8. The van der Waals surface area contributed by atoms with Gasteiger partial charge in [-0.25, -0.2) is 4.39 Å². The van der Waals surface area contributed by atoms with Crippen LogP contribution in [0.1, 0.15) is 24.2 Å². The SMILES string of the molecule is O=C(NCc1noc(-c2ccccc2)n1)C1(c2ccccc2F)CC1. The molecule has 6 heteroatoms. The van der Waals surface area contributed by atoms with Gasteiger partial charge in [-0.1, -0.05) is 41.6 Å². The van der Waals surface area contributed by atoms with Gasteiger partial charge in [0.25, 0.3) is 5.89 Å². The zero-order valence-corrected chi connectivity index (χ0v) is 13.4. The molecule has 5 nitrogen and oxygen atoms in total. The van der Waals surface area contributed by atoms with Gasteiger partial charge in [-0.15, -0.1) is 0 Å². The minimum Gasteiger partial charge on any atom is -0.348 e. The van der Waals surface area contributed by atoms with Crippen LogP contribution in [0.25, 0.3) is 11.5 Å². The van der Waals surface area contributed by atoms with E-state index in [1.165, 1.54) is 6.07 Å². The van der Waals surface area contributed by atoms with Crippen LogP contribution in [0.4, 0.5) is 4.39 Å². The Kier molecular flexibility index (Phi) is 3.80. The topological polar surface area (TPSA) is 68.0 Å². The van der Waals surface area contributed by atoms with Gasteiger partial charge < -0.3 is 9.84 Å². The minimum absolute atomic E-state index is 0.144. The first-order chi connectivity index (χ1) is 12.2. The van der Waals surface area contributed by atoms with Crippen LogP contribution in [0.5, 0.6) is 0 Å². The summed E-state index contributed by atoms with van der Waals surface area (Å²) in [7, 11) is 0. The number of rotatable bonds is 5. The summed E-state index contributed by atoms with van der Waals surface area (Å²) in [4.78, 5) is 16.8. The van der Waals surface area contributed by atoms with Crippen molar-refractivity contribution in [3.05, 3.63) is 71.8 Å². The molecule has 25 heavy (non-hydrogen) atoms. The number of halogens is 1. The van der Waals surface area contributed by atoms with Crippen molar-refractivity contribution in [1.29, 1.82) is 0 Å². The molecule has 1 aromatic heterocycles. The zero-order chi connectivity index (χ0) is 17.3. The van der Waals surface area contributed by atoms with Gasteiger partial charge >= 0.3 is 0 Å². The minimum atomic E-state index is -0.767. The highest BCUT2D eigenvalue weighted by atomic mass is 19.1. The lowest BCUT2D eigenvalue weighted by atomic mass is 9.94. The van der Waals surface area contributed by atoms with E-state index in [0.29, 0.717) is 30.1 Å². The van der Waals surface area contributed by atoms with Crippen molar-refractivity contribution in [2.24, 2.45) is 0 Å². The predicted molar refractivity (Wildman–Crippen MR) is 88.9 cm³/mol. The van der Waals surface area contributed by atoms with E-state index in [0.717, 1.165) is 5.56 Å². The second kappa shape index (κ2) is 6.12. The number of hydrogen-bond donors (Lipinski definition) is 1. The van der Waals surface area contributed by atoms with Crippen molar-refractivity contribution in [2.75, 3.05) is 0 Å². The second-order valence-corrected chi connectivity index (χ2v) is 6.13. The molecule has 3 aromatic rings. The Morgan fingerprint density at radius 3 is 2.56 bits per heavy atom. The molecule has 0 unspecified atom stereocenters. The average molecular weight is 337 g/mol. The molecule has 0 atom stereocenters. The number of nitrogens with one attached hydrogen (secondary N) is 1. The summed E-state index contributed by atoms with van der Waals surface area (Å²) in [6.07, 6.45) is 1.28. The van der Waals surface area contributed by atoms with Crippen LogP contribution in [0, 0.1) is 5.82 Å². The number of amides is 1. The van der Waals surface area contributed by atoms with Gasteiger partial charge in [-0.05, 0) is 31.0 Å². The summed E-state index contributed by atoms with van der Waals surface area (Å²) >= 11 is 0. The Morgan fingerprint density at radius 2 is 1.84 bits per heavy atom. The summed E-state index contributed by atoms with van der Waals surface area (Å²) in [5.74, 6) is 0.237. The highest BCUT2D eigenvalue weighted by Crippen LogP contribution is 2.49. The van der Waals surface area contributed by atoms with Gasteiger partial charge in [0.1, 0.15) is 5.82 Å². The highest BCUT2D eigenvalue weighted by Gasteiger charge is 2.52. The molecule has 0 bridgehead atoms. The maximum atomic E-state index is 14.0. The number of carbonyl (C=O) groups excluding carboxylic acids is 1. The maximum Gasteiger partial charge on any atom is 0.257 e. The van der Waals surface area contributed by atoms with Crippen LogP contribution in [-0.2, 0) is 16.8 Å². The predicted octanol–water partition coefficient (Wildman–Crippen LogP) is 3.22. The molecule has 2 aromatic carbocycles. The summed E-state index contributed by atoms with van der Waals surface area (Å²) in [5.41, 5.74) is 0.500. The van der Waals surface area contributed by atoms with Crippen LogP contribution in [0.15, 0.2) is 59.1 Å². The zero-order valence-electron chi connectivity index (χ0n) is 13.4. The molecular weight excluding hydrogens is 321 g/mol. The van der Waals surface area contributed by atoms with Crippen molar-refractivity contribution in [3.8, 4) is 11.5 Å². The van der Waals surface area contributed by atoms with Gasteiger partial charge in [0.2, 0.25) is 5.91 Å². The van der Waals surface area contributed by atoms with E-state index in [9.17, 15) is 9.18 Å². The van der Waals surface area contributed by atoms with Crippen LogP contribution in [-0.4, -0.2) is 16.0 Å². The van der Waals surface area contributed by atoms with Gasteiger partial charge in [0.15, 0.2) is 5.82 Å². The Balaban J connectivity index is 1.45. The van der Waals surface area contributed by atoms with Gasteiger partial charge in [-0.3, -0.25) is 4.79 Å². The second-order valence-electron chi connectivity index (χ2n) is 6.13. The lowest BCUT2D eigenvalue weighted by Crippen LogP contribution is -2.35. The summed E-state index contributed by atoms with van der Waals surface area (Å²) in [6.45, 7) is 0.144. The van der Waals surface area contributed by atoms with E-state index in [1.807, 2.05) is 30.3 Å². The number of benzene rings is 2. The third-order valence-corrected chi connectivity index (χ3v) is 4.47. The summed E-state index contributed by atoms with van der Waals surface area (Å²) < 4.78 is 19.2. The Labute approximate surface area is 143 Å². The van der Waals surface area contributed by atoms with Gasteiger partial charge in [-0.2, -0.15) is 4.98 Å². The standard InChI is InChI=1S/C19H16FN3O2/c20-15-9-5-4-8-14(15)19(10-11-19)18(24)21-12-16-22-17(25-23-16)13-6-2-1-3-7-13/h1-9H,10-12H2,(H,21,24). The van der Waals surface area contributed by atoms with Gasteiger partial charge in [0.05, 0.1) is 12.0 Å². The Hall–Kier alpha value is -3.02. The van der Waals surface area contributed by atoms with E-state index in [4.69, 9.17) is 4.52 Å². The number of carbonyl (C=O) groups is 1. The quantitative estimate of drug-likeness (QED) is 0.776. The first-order valence-electron chi connectivity index (χ1n) is 8.10. The normalized spacial score (nSPS) is 14.9. The number of nitrogens with zero attached hydrogens (tertiary/aromatic N) is 2. The lowest BCUT2D eigenvalue weighted by Gasteiger charge is -2.15. The molecule has 0 saturated heterocycles. The fourth-order valence-electron chi connectivity index (χ4n) is 2.95. The van der Waals surface area contributed by atoms with Crippen LogP contribution >= 0.6 is 0 Å². The third-order valence-electron chi connectivity index (χ3n) is 4.47. The lowest BCUT2D eigenvalue weighted by molar-refractivity contribution is -0.123. The van der Waals surface area contributed by atoms with Gasteiger partial charge in [0, 0.05) is 11.1 Å². The van der Waals surface area contributed by atoms with Crippen molar-refractivity contribution in [2.45, 2.75) is 24.8 Å². The molecule has 0 radical (unpaired) electrons. The molecule has 1 heterocycles. The van der Waals surface area contributed by atoms with Crippen molar-refractivity contribution in [3.63, 3.8) is 0 Å². The van der Waals surface area contributed by atoms with E-state index in [-0.39, 0.29) is 18.3 Å². The van der Waals surface area contributed by atoms with Crippen molar-refractivity contribution >= 4 is 5.91 Å². The molecule has 0 spiro atoms. The molecule has 1 fully saturated rings. The average Bonchev–Trinajstić information content (AvgIpc) is 3.32. The maximum absolute atomic E-state index is 14.0. The molecule has 1 aliphatic rings.